The van der Waals surface area contributed by atoms with Crippen LogP contribution in [0.1, 0.15) is 50.7 Å². The van der Waals surface area contributed by atoms with Gasteiger partial charge in [0, 0.05) is 19.5 Å². The molecule has 1 N–H and O–H groups in total. The highest BCUT2D eigenvalue weighted by molar-refractivity contribution is 5.81. The Hall–Kier alpha value is -1.84. The number of hydrogen-bond donors (Lipinski definition) is 1. The van der Waals surface area contributed by atoms with Crippen LogP contribution in [0.15, 0.2) is 24.3 Å². The van der Waals surface area contributed by atoms with E-state index in [4.69, 9.17) is 0 Å². The SMILES string of the molecule is CCC(CC(=O)N1Cc2ccccc2C(C(=O)O)C1)C(C)C. The molecule has 120 valence electrons. The van der Waals surface area contributed by atoms with Gasteiger partial charge in [-0.15, -0.1) is 0 Å². The highest BCUT2D eigenvalue weighted by atomic mass is 16.4. The zero-order valence-corrected chi connectivity index (χ0v) is 13.6. The summed E-state index contributed by atoms with van der Waals surface area (Å²) in [6.45, 7) is 7.16. The third-order valence-electron chi connectivity index (χ3n) is 4.75. The van der Waals surface area contributed by atoms with E-state index < -0.39 is 11.9 Å². The average Bonchev–Trinajstić information content (AvgIpc) is 2.50. The van der Waals surface area contributed by atoms with Crippen molar-refractivity contribution in [1.82, 2.24) is 4.90 Å². The second-order valence-electron chi connectivity index (χ2n) is 6.48. The zero-order chi connectivity index (χ0) is 16.3. The van der Waals surface area contributed by atoms with Gasteiger partial charge in [0.25, 0.3) is 0 Å². The van der Waals surface area contributed by atoms with E-state index in [1.54, 1.807) is 4.90 Å². The topological polar surface area (TPSA) is 57.6 Å². The van der Waals surface area contributed by atoms with Crippen molar-refractivity contribution in [3.8, 4) is 0 Å². The van der Waals surface area contributed by atoms with Crippen molar-refractivity contribution < 1.29 is 14.7 Å². The Morgan fingerprint density at radius 1 is 1.32 bits per heavy atom. The van der Waals surface area contributed by atoms with Crippen molar-refractivity contribution in [2.24, 2.45) is 11.8 Å². The van der Waals surface area contributed by atoms with Crippen LogP contribution in [0.25, 0.3) is 0 Å². The van der Waals surface area contributed by atoms with E-state index in [0.717, 1.165) is 17.5 Å². The summed E-state index contributed by atoms with van der Waals surface area (Å²) in [5.74, 6) is -0.593. The monoisotopic (exact) mass is 303 g/mol. The van der Waals surface area contributed by atoms with Crippen LogP contribution in [0.4, 0.5) is 0 Å². The van der Waals surface area contributed by atoms with Crippen LogP contribution in [0, 0.1) is 11.8 Å². The average molecular weight is 303 g/mol. The van der Waals surface area contributed by atoms with Gasteiger partial charge >= 0.3 is 5.97 Å². The smallest absolute Gasteiger partial charge is 0.312 e. The number of carbonyl (C=O) groups excluding carboxylic acids is 1. The molecule has 0 bridgehead atoms. The molecule has 4 nitrogen and oxygen atoms in total. The summed E-state index contributed by atoms with van der Waals surface area (Å²) >= 11 is 0. The molecular formula is C18H25NO3. The molecular weight excluding hydrogens is 278 g/mol. The zero-order valence-electron chi connectivity index (χ0n) is 13.6. The maximum Gasteiger partial charge on any atom is 0.312 e. The number of carboxylic acid groups (broad SMARTS) is 1. The lowest BCUT2D eigenvalue weighted by Gasteiger charge is -2.34. The molecule has 1 aromatic carbocycles. The number of carbonyl (C=O) groups is 2. The van der Waals surface area contributed by atoms with E-state index in [-0.39, 0.29) is 12.5 Å². The summed E-state index contributed by atoms with van der Waals surface area (Å²) in [6, 6.07) is 7.54. The molecule has 2 unspecified atom stereocenters. The van der Waals surface area contributed by atoms with Gasteiger partial charge in [-0.25, -0.2) is 0 Å². The van der Waals surface area contributed by atoms with Crippen LogP contribution in [0.3, 0.4) is 0 Å². The van der Waals surface area contributed by atoms with Gasteiger partial charge < -0.3 is 10.0 Å². The molecule has 0 spiro atoms. The minimum Gasteiger partial charge on any atom is -0.481 e. The van der Waals surface area contributed by atoms with Crippen LogP contribution in [-0.4, -0.2) is 28.4 Å². The standard InChI is InChI=1S/C18H25NO3/c1-4-13(12(2)3)9-17(20)19-10-14-7-5-6-8-15(14)16(11-19)18(21)22/h5-8,12-13,16H,4,9-11H2,1-3H3,(H,21,22). The van der Waals surface area contributed by atoms with Crippen molar-refractivity contribution >= 4 is 11.9 Å². The Kier molecular flexibility index (Phi) is 5.22. The number of nitrogens with zero attached hydrogens (tertiary/aromatic N) is 1. The highest BCUT2D eigenvalue weighted by Gasteiger charge is 2.33. The molecule has 1 heterocycles. The van der Waals surface area contributed by atoms with E-state index in [9.17, 15) is 14.7 Å². The molecule has 1 aliphatic heterocycles. The summed E-state index contributed by atoms with van der Waals surface area (Å²) in [5.41, 5.74) is 1.79. The van der Waals surface area contributed by atoms with Crippen molar-refractivity contribution in [1.29, 1.82) is 0 Å². The fourth-order valence-electron chi connectivity index (χ4n) is 3.21. The molecule has 2 rings (SSSR count). The largest absolute Gasteiger partial charge is 0.481 e. The summed E-state index contributed by atoms with van der Waals surface area (Å²) in [7, 11) is 0. The Bertz CT molecular complexity index is 553. The molecule has 0 saturated heterocycles. The molecule has 1 aromatic rings. The predicted octanol–water partition coefficient (Wildman–Crippen LogP) is 3.27. The van der Waals surface area contributed by atoms with Crippen LogP contribution in [0.2, 0.25) is 0 Å². The van der Waals surface area contributed by atoms with E-state index >= 15 is 0 Å². The summed E-state index contributed by atoms with van der Waals surface area (Å²) < 4.78 is 0. The molecule has 1 aliphatic rings. The van der Waals surface area contributed by atoms with Crippen LogP contribution < -0.4 is 0 Å². The van der Waals surface area contributed by atoms with E-state index in [1.807, 2.05) is 24.3 Å². The molecule has 1 amide bonds. The van der Waals surface area contributed by atoms with Crippen LogP contribution >= 0.6 is 0 Å². The minimum atomic E-state index is -0.860. The van der Waals surface area contributed by atoms with Gasteiger partial charge in [-0.1, -0.05) is 51.5 Å². The summed E-state index contributed by atoms with van der Waals surface area (Å²) in [6.07, 6.45) is 1.47. The second-order valence-corrected chi connectivity index (χ2v) is 6.48. The maximum atomic E-state index is 12.6. The van der Waals surface area contributed by atoms with Gasteiger partial charge in [0.2, 0.25) is 5.91 Å². The van der Waals surface area contributed by atoms with Crippen molar-refractivity contribution in [3.63, 3.8) is 0 Å². The van der Waals surface area contributed by atoms with E-state index in [0.29, 0.717) is 24.8 Å². The quantitative estimate of drug-likeness (QED) is 0.908. The number of rotatable bonds is 5. The lowest BCUT2D eigenvalue weighted by Crippen LogP contribution is -2.41. The predicted molar refractivity (Wildman–Crippen MR) is 85.5 cm³/mol. The number of aliphatic carboxylic acids is 1. The van der Waals surface area contributed by atoms with Gasteiger partial charge in [-0.3, -0.25) is 9.59 Å². The highest BCUT2D eigenvalue weighted by Crippen LogP contribution is 2.30. The van der Waals surface area contributed by atoms with E-state index in [1.165, 1.54) is 0 Å². The molecule has 4 heteroatoms. The first-order valence-electron chi connectivity index (χ1n) is 8.02. The number of fused-ring (bicyclic) bond motifs is 1. The van der Waals surface area contributed by atoms with Gasteiger partial charge in [0.1, 0.15) is 0 Å². The number of amides is 1. The fourth-order valence-corrected chi connectivity index (χ4v) is 3.21. The van der Waals surface area contributed by atoms with Gasteiger partial charge in [-0.05, 0) is 23.0 Å². The first kappa shape index (κ1) is 16.5. The Morgan fingerprint density at radius 3 is 2.59 bits per heavy atom. The normalized spacial score (nSPS) is 18.9. The number of carboxylic acids is 1. The van der Waals surface area contributed by atoms with Crippen LogP contribution in [-0.2, 0) is 16.1 Å². The minimum absolute atomic E-state index is 0.0707. The molecule has 22 heavy (non-hydrogen) atoms. The Labute approximate surface area is 132 Å². The first-order chi connectivity index (χ1) is 10.4. The van der Waals surface area contributed by atoms with Gasteiger partial charge in [0.05, 0.1) is 5.92 Å². The second kappa shape index (κ2) is 6.95. The fraction of sp³-hybridized carbons (Fsp3) is 0.556. The molecule has 0 radical (unpaired) electrons. The maximum absolute atomic E-state index is 12.6. The number of hydrogen-bond acceptors (Lipinski definition) is 2. The molecule has 0 aromatic heterocycles. The summed E-state index contributed by atoms with van der Waals surface area (Å²) in [5, 5.41) is 9.46. The van der Waals surface area contributed by atoms with E-state index in [2.05, 4.69) is 20.8 Å². The van der Waals surface area contributed by atoms with Gasteiger partial charge in [-0.2, -0.15) is 0 Å². The third-order valence-corrected chi connectivity index (χ3v) is 4.75. The Morgan fingerprint density at radius 2 is 2.00 bits per heavy atom. The lowest BCUT2D eigenvalue weighted by molar-refractivity contribution is -0.141. The molecule has 0 aliphatic carbocycles. The van der Waals surface area contributed by atoms with Gasteiger partial charge in [0.15, 0.2) is 0 Å². The lowest BCUT2D eigenvalue weighted by atomic mass is 9.87. The molecule has 0 saturated carbocycles. The summed E-state index contributed by atoms with van der Waals surface area (Å²) in [4.78, 5) is 25.8. The first-order valence-corrected chi connectivity index (χ1v) is 8.02. The molecule has 2 atom stereocenters. The van der Waals surface area contributed by atoms with Crippen molar-refractivity contribution in [2.75, 3.05) is 6.54 Å². The van der Waals surface area contributed by atoms with Crippen LogP contribution in [0.5, 0.6) is 0 Å². The molecule has 0 fully saturated rings. The Balaban J connectivity index is 2.17. The van der Waals surface area contributed by atoms with Crippen molar-refractivity contribution in [2.45, 2.75) is 46.1 Å². The third kappa shape index (κ3) is 3.49. The number of benzene rings is 1. The van der Waals surface area contributed by atoms with Crippen molar-refractivity contribution in [3.05, 3.63) is 35.4 Å².